The largest absolute Gasteiger partial charge is 0.480 e. The van der Waals surface area contributed by atoms with Gasteiger partial charge in [0.25, 0.3) is 5.91 Å². The van der Waals surface area contributed by atoms with E-state index < -0.39 is 36.3 Å². The Morgan fingerprint density at radius 3 is 2.17 bits per heavy atom. The third kappa shape index (κ3) is 10.3. The summed E-state index contributed by atoms with van der Waals surface area (Å²) in [4.78, 5) is 53.6. The topological polar surface area (TPSA) is 149 Å². The summed E-state index contributed by atoms with van der Waals surface area (Å²) < 4.78 is 5.24. The number of amides is 4. The van der Waals surface area contributed by atoms with Crippen LogP contribution >= 0.6 is 0 Å². The molecule has 0 radical (unpaired) electrons. The predicted octanol–water partition coefficient (Wildman–Crippen LogP) is 4.07. The van der Waals surface area contributed by atoms with Gasteiger partial charge in [-0.05, 0) is 55.4 Å². The molecule has 4 rings (SSSR count). The van der Waals surface area contributed by atoms with Gasteiger partial charge in [0, 0.05) is 25.2 Å². The van der Waals surface area contributed by atoms with Crippen molar-refractivity contribution < 1.29 is 34.1 Å². The number of carbonyl (C=O) groups excluding carboxylic acids is 3. The molecule has 0 aliphatic carbocycles. The first kappa shape index (κ1) is 34.0. The average Bonchev–Trinajstić information content (AvgIpc) is 3.58. The lowest BCUT2D eigenvalue weighted by atomic mass is 10.00. The number of aliphatic carboxylic acids is 1. The van der Waals surface area contributed by atoms with Crippen molar-refractivity contribution in [1.29, 1.82) is 0 Å². The minimum atomic E-state index is -1.16. The number of nitrogens with zero attached hydrogens (tertiary/aromatic N) is 2. The second-order valence-electron chi connectivity index (χ2n) is 11.3. The van der Waals surface area contributed by atoms with Crippen molar-refractivity contribution in [2.75, 3.05) is 26.2 Å². The summed E-state index contributed by atoms with van der Waals surface area (Å²) in [5.74, 6) is -1.42. The molecule has 2 unspecified atom stereocenters. The Morgan fingerprint density at radius 2 is 1.52 bits per heavy atom. The van der Waals surface area contributed by atoms with E-state index in [1.165, 1.54) is 9.80 Å². The Kier molecular flexibility index (Phi) is 13.0. The quantitative estimate of drug-likeness (QED) is 0.185. The number of hydrogen-bond acceptors (Lipinski definition) is 6. The number of unbranched alkanes of at least 4 members (excludes halogenated alkanes) is 1. The molecule has 11 heteroatoms. The van der Waals surface area contributed by atoms with E-state index >= 15 is 0 Å². The van der Waals surface area contributed by atoms with E-state index in [9.17, 15) is 29.4 Å². The smallest absolute Gasteiger partial charge is 0.407 e. The van der Waals surface area contributed by atoms with Gasteiger partial charge in [0.05, 0.1) is 18.7 Å². The molecule has 3 aromatic carbocycles. The number of urea groups is 1. The lowest BCUT2D eigenvalue weighted by Gasteiger charge is -2.34. The molecular formula is C35H42N4O7. The number of ether oxygens (including phenoxy) is 1. The molecule has 0 aromatic heterocycles. The van der Waals surface area contributed by atoms with Gasteiger partial charge in [-0.25, -0.2) is 14.4 Å². The lowest BCUT2D eigenvalue weighted by molar-refractivity contribution is -0.141. The standard InChI is InChI=1S/C35H42N4O7/c40-31(29(23-26-13-4-1-5-14-26)37-32(41)28-17-8-3-9-18-28)24-38(35(45)39-22-12-19-30(39)33(42)43)21-11-10-20-36-34(44)46-25-27-15-6-2-7-16-27/h1-9,13-18,29-31,40H,10-12,19-25H2,(H,36,44)(H,37,41)(H,42,43)/t29?,30-,31?/m0/s1. The van der Waals surface area contributed by atoms with Crippen LogP contribution in [0.15, 0.2) is 91.0 Å². The highest BCUT2D eigenvalue weighted by atomic mass is 16.5. The maximum Gasteiger partial charge on any atom is 0.407 e. The van der Waals surface area contributed by atoms with Crippen molar-refractivity contribution in [3.63, 3.8) is 0 Å². The van der Waals surface area contributed by atoms with Crippen LogP contribution in [0.3, 0.4) is 0 Å². The van der Waals surface area contributed by atoms with Crippen LogP contribution in [-0.4, -0.2) is 88.4 Å². The van der Waals surface area contributed by atoms with Crippen molar-refractivity contribution >= 4 is 24.0 Å². The molecule has 1 aliphatic heterocycles. The van der Waals surface area contributed by atoms with Crippen LogP contribution in [0.5, 0.6) is 0 Å². The monoisotopic (exact) mass is 630 g/mol. The number of carbonyl (C=O) groups is 4. The number of hydrogen-bond donors (Lipinski definition) is 4. The number of carboxylic acids is 1. The second kappa shape index (κ2) is 17.6. The fourth-order valence-electron chi connectivity index (χ4n) is 5.44. The van der Waals surface area contributed by atoms with Gasteiger partial charge in [0.15, 0.2) is 0 Å². The first-order valence-electron chi connectivity index (χ1n) is 15.6. The molecule has 1 saturated heterocycles. The Hall–Kier alpha value is -4.90. The molecule has 4 amide bonds. The van der Waals surface area contributed by atoms with Crippen LogP contribution in [0.25, 0.3) is 0 Å². The number of carboxylic acid groups (broad SMARTS) is 1. The van der Waals surface area contributed by atoms with Gasteiger partial charge in [-0.15, -0.1) is 0 Å². The summed E-state index contributed by atoms with van der Waals surface area (Å²) >= 11 is 0. The molecule has 0 bridgehead atoms. The number of benzene rings is 3. The zero-order valence-electron chi connectivity index (χ0n) is 25.8. The molecule has 46 heavy (non-hydrogen) atoms. The molecule has 1 aliphatic rings. The van der Waals surface area contributed by atoms with E-state index in [0.29, 0.717) is 50.8 Å². The molecular weight excluding hydrogens is 588 g/mol. The molecule has 1 fully saturated rings. The van der Waals surface area contributed by atoms with Gasteiger partial charge in [-0.1, -0.05) is 78.9 Å². The number of nitrogens with one attached hydrogen (secondary N) is 2. The first-order valence-corrected chi connectivity index (χ1v) is 15.6. The fourth-order valence-corrected chi connectivity index (χ4v) is 5.44. The number of rotatable bonds is 15. The van der Waals surface area contributed by atoms with E-state index in [1.54, 1.807) is 24.3 Å². The maximum atomic E-state index is 13.7. The maximum absolute atomic E-state index is 13.7. The zero-order chi connectivity index (χ0) is 32.7. The SMILES string of the molecule is O=C(NCCCCN(CC(O)C(Cc1ccccc1)NC(=O)c1ccccc1)C(=O)N1CCC[C@H]1C(=O)O)OCc1ccccc1. The molecule has 4 N–H and O–H groups in total. The van der Waals surface area contributed by atoms with Gasteiger partial charge in [0.1, 0.15) is 12.6 Å². The summed E-state index contributed by atoms with van der Waals surface area (Å²) in [6.07, 6.45) is 0.525. The zero-order valence-corrected chi connectivity index (χ0v) is 25.8. The summed E-state index contributed by atoms with van der Waals surface area (Å²) in [6, 6.07) is 25.3. The van der Waals surface area contributed by atoms with Crippen LogP contribution in [0.2, 0.25) is 0 Å². The molecule has 3 aromatic rings. The predicted molar refractivity (Wildman–Crippen MR) is 172 cm³/mol. The minimum absolute atomic E-state index is 0.124. The summed E-state index contributed by atoms with van der Waals surface area (Å²) in [6.45, 7) is 0.849. The van der Waals surface area contributed by atoms with Crippen LogP contribution in [0, 0.1) is 0 Å². The number of aliphatic hydroxyl groups is 1. The second-order valence-corrected chi connectivity index (χ2v) is 11.3. The third-order valence-electron chi connectivity index (χ3n) is 7.91. The Balaban J connectivity index is 1.40. The van der Waals surface area contributed by atoms with Gasteiger partial charge in [-0.3, -0.25) is 4.79 Å². The van der Waals surface area contributed by atoms with Crippen molar-refractivity contribution in [3.05, 3.63) is 108 Å². The van der Waals surface area contributed by atoms with Crippen molar-refractivity contribution in [2.24, 2.45) is 0 Å². The summed E-state index contributed by atoms with van der Waals surface area (Å²) in [7, 11) is 0. The molecule has 0 spiro atoms. The van der Waals surface area contributed by atoms with Crippen LogP contribution in [0.1, 0.15) is 47.2 Å². The number of alkyl carbamates (subject to hydrolysis) is 1. The average molecular weight is 631 g/mol. The van der Waals surface area contributed by atoms with E-state index in [2.05, 4.69) is 10.6 Å². The molecule has 0 saturated carbocycles. The van der Waals surface area contributed by atoms with Crippen molar-refractivity contribution in [2.45, 2.75) is 56.9 Å². The normalized spacial score (nSPS) is 15.4. The van der Waals surface area contributed by atoms with Crippen LogP contribution < -0.4 is 10.6 Å². The van der Waals surface area contributed by atoms with E-state index in [1.807, 2.05) is 66.7 Å². The van der Waals surface area contributed by atoms with Gasteiger partial charge in [-0.2, -0.15) is 0 Å². The van der Waals surface area contributed by atoms with Gasteiger partial charge < -0.3 is 35.4 Å². The van der Waals surface area contributed by atoms with Gasteiger partial charge >= 0.3 is 18.1 Å². The Labute approximate surface area is 269 Å². The highest BCUT2D eigenvalue weighted by Crippen LogP contribution is 2.20. The molecule has 244 valence electrons. The molecule has 11 nitrogen and oxygen atoms in total. The van der Waals surface area contributed by atoms with Crippen molar-refractivity contribution in [1.82, 2.24) is 20.4 Å². The van der Waals surface area contributed by atoms with E-state index in [0.717, 1.165) is 11.1 Å². The third-order valence-corrected chi connectivity index (χ3v) is 7.91. The minimum Gasteiger partial charge on any atom is -0.480 e. The number of aliphatic hydroxyl groups excluding tert-OH is 1. The summed E-state index contributed by atoms with van der Waals surface area (Å²) in [5.41, 5.74) is 2.21. The van der Waals surface area contributed by atoms with Crippen molar-refractivity contribution in [3.8, 4) is 0 Å². The Morgan fingerprint density at radius 1 is 0.891 bits per heavy atom. The van der Waals surface area contributed by atoms with Crippen LogP contribution in [0.4, 0.5) is 9.59 Å². The fraction of sp³-hybridized carbons (Fsp3) is 0.371. The highest BCUT2D eigenvalue weighted by Gasteiger charge is 2.37. The van der Waals surface area contributed by atoms with Gasteiger partial charge in [0.2, 0.25) is 0 Å². The summed E-state index contributed by atoms with van der Waals surface area (Å²) in [5, 5.41) is 26.9. The van der Waals surface area contributed by atoms with E-state index in [4.69, 9.17) is 4.74 Å². The lowest BCUT2D eigenvalue weighted by Crippen LogP contribution is -2.54. The first-order chi connectivity index (χ1) is 22.3. The molecule has 3 atom stereocenters. The Bertz CT molecular complexity index is 1410. The highest BCUT2D eigenvalue weighted by molar-refractivity contribution is 5.94. The number of likely N-dealkylation sites (tertiary alicyclic amines) is 1. The van der Waals surface area contributed by atoms with Crippen LogP contribution in [-0.2, 0) is 22.6 Å². The molecule has 1 heterocycles. The van der Waals surface area contributed by atoms with E-state index in [-0.39, 0.29) is 25.6 Å².